The first-order valence-corrected chi connectivity index (χ1v) is 9.08. The van der Waals surface area contributed by atoms with Crippen LogP contribution in [0.1, 0.15) is 64.2 Å². The Morgan fingerprint density at radius 1 is 0.737 bits per heavy atom. The Bertz CT molecular complexity index is 190. The molecule has 0 saturated carbocycles. The van der Waals surface area contributed by atoms with Crippen LogP contribution in [-0.4, -0.2) is 35.2 Å². The minimum Gasteiger partial charge on any atom is -0.396 e. The van der Waals surface area contributed by atoms with Gasteiger partial charge in [-0.3, -0.25) is 0 Å². The molecule has 0 heterocycles. The minimum atomic E-state index is -3.79. The van der Waals surface area contributed by atoms with Crippen molar-refractivity contribution >= 4 is 8.17 Å². The molecular weight excluding hydrogens is 267 g/mol. The Hall–Kier alpha value is 0.230. The predicted molar refractivity (Wildman–Crippen MR) is 79.0 cm³/mol. The smallest absolute Gasteiger partial charge is 0.396 e. The standard InChI is InChI=1S/C13H31O5P/c1-17-19(15,16)18-13-11-9-7-5-3-2-4-6-8-10-12-14/h14-16,19H,2-13H2,1H3. The second-order valence-electron chi connectivity index (χ2n) is 4.86. The van der Waals surface area contributed by atoms with E-state index < -0.39 is 8.17 Å². The Morgan fingerprint density at radius 2 is 1.16 bits per heavy atom. The van der Waals surface area contributed by atoms with Crippen molar-refractivity contribution in [2.75, 3.05) is 20.3 Å². The van der Waals surface area contributed by atoms with E-state index >= 15 is 0 Å². The van der Waals surface area contributed by atoms with Crippen molar-refractivity contribution in [1.29, 1.82) is 0 Å². The van der Waals surface area contributed by atoms with Gasteiger partial charge in [-0.25, -0.2) is 0 Å². The summed E-state index contributed by atoms with van der Waals surface area (Å²) in [5.41, 5.74) is 0. The molecule has 0 unspecified atom stereocenters. The molecule has 19 heavy (non-hydrogen) atoms. The molecule has 0 atom stereocenters. The summed E-state index contributed by atoms with van der Waals surface area (Å²) in [5, 5.41) is 8.63. The molecule has 0 saturated heterocycles. The van der Waals surface area contributed by atoms with Crippen LogP contribution in [0.25, 0.3) is 0 Å². The number of unbranched alkanes of at least 4 members (excludes halogenated alkanes) is 9. The van der Waals surface area contributed by atoms with E-state index in [-0.39, 0.29) is 0 Å². The van der Waals surface area contributed by atoms with Gasteiger partial charge >= 0.3 is 105 Å². The number of aliphatic hydroxyl groups excluding tert-OH is 1. The van der Waals surface area contributed by atoms with Crippen LogP contribution in [0.4, 0.5) is 0 Å². The van der Waals surface area contributed by atoms with E-state index in [1.54, 1.807) is 0 Å². The summed E-state index contributed by atoms with van der Waals surface area (Å²) < 4.78 is 9.32. The van der Waals surface area contributed by atoms with Crippen LogP contribution in [-0.2, 0) is 9.05 Å². The van der Waals surface area contributed by atoms with E-state index in [0.29, 0.717) is 13.2 Å². The third kappa shape index (κ3) is 14.4. The van der Waals surface area contributed by atoms with E-state index in [0.717, 1.165) is 25.7 Å². The second-order valence-corrected chi connectivity index (χ2v) is 6.65. The fraction of sp³-hybridized carbons (Fsp3) is 1.00. The van der Waals surface area contributed by atoms with Gasteiger partial charge in [-0.05, 0) is 0 Å². The van der Waals surface area contributed by atoms with E-state index in [4.69, 9.17) is 19.4 Å². The van der Waals surface area contributed by atoms with Crippen molar-refractivity contribution < 1.29 is 23.9 Å². The average Bonchev–Trinajstić information content (AvgIpc) is 2.40. The molecule has 0 amide bonds. The Labute approximate surface area is 117 Å². The van der Waals surface area contributed by atoms with Gasteiger partial charge in [0.1, 0.15) is 0 Å². The summed E-state index contributed by atoms with van der Waals surface area (Å²) in [6.07, 6.45) is 11.4. The van der Waals surface area contributed by atoms with Crippen molar-refractivity contribution in [2.24, 2.45) is 0 Å². The fourth-order valence-corrected chi connectivity index (χ4v) is 2.42. The number of hydrogen-bond acceptors (Lipinski definition) is 5. The van der Waals surface area contributed by atoms with E-state index in [2.05, 4.69) is 4.52 Å². The van der Waals surface area contributed by atoms with Crippen molar-refractivity contribution in [1.82, 2.24) is 0 Å². The van der Waals surface area contributed by atoms with Gasteiger partial charge in [0.25, 0.3) is 0 Å². The minimum absolute atomic E-state index is 0.316. The first-order valence-electron chi connectivity index (χ1n) is 7.37. The SMILES string of the molecule is CO[PH](O)(O)OCCCCCCCCCCCCO. The van der Waals surface area contributed by atoms with E-state index in [9.17, 15) is 0 Å². The molecule has 0 aliphatic rings. The normalized spacial score (nSPS) is 12.8. The summed E-state index contributed by atoms with van der Waals surface area (Å²) in [6, 6.07) is 0. The monoisotopic (exact) mass is 298 g/mol. The predicted octanol–water partition coefficient (Wildman–Crippen LogP) is 2.94. The summed E-state index contributed by atoms with van der Waals surface area (Å²) in [6.45, 7) is 0.672. The molecule has 0 fully saturated rings. The molecule has 3 N–H and O–H groups in total. The van der Waals surface area contributed by atoms with Crippen LogP contribution >= 0.6 is 8.17 Å². The Balaban J connectivity index is 3.07. The molecule has 118 valence electrons. The summed E-state index contributed by atoms with van der Waals surface area (Å²) >= 11 is 0. The third-order valence-electron chi connectivity index (χ3n) is 3.11. The number of hydrogen-bond donors (Lipinski definition) is 3. The van der Waals surface area contributed by atoms with Gasteiger partial charge in [-0.15, -0.1) is 0 Å². The van der Waals surface area contributed by atoms with Crippen molar-refractivity contribution in [2.45, 2.75) is 64.2 Å². The zero-order valence-corrected chi connectivity index (χ0v) is 13.1. The van der Waals surface area contributed by atoms with Crippen molar-refractivity contribution in [3.8, 4) is 0 Å². The van der Waals surface area contributed by atoms with Crippen LogP contribution in [0.15, 0.2) is 0 Å². The van der Waals surface area contributed by atoms with Crippen LogP contribution in [0.2, 0.25) is 0 Å². The van der Waals surface area contributed by atoms with Gasteiger partial charge in [0.2, 0.25) is 0 Å². The molecule has 0 aromatic rings. The molecule has 0 aliphatic heterocycles. The van der Waals surface area contributed by atoms with Crippen molar-refractivity contribution in [3.63, 3.8) is 0 Å². The van der Waals surface area contributed by atoms with Crippen LogP contribution in [0.3, 0.4) is 0 Å². The van der Waals surface area contributed by atoms with Gasteiger partial charge in [-0.1, -0.05) is 0 Å². The molecule has 0 aromatic heterocycles. The fourth-order valence-electron chi connectivity index (χ4n) is 1.89. The van der Waals surface area contributed by atoms with E-state index in [1.165, 1.54) is 45.6 Å². The van der Waals surface area contributed by atoms with Gasteiger partial charge in [0.15, 0.2) is 0 Å². The molecule has 0 rings (SSSR count). The second kappa shape index (κ2) is 13.2. The maximum absolute atomic E-state index is 9.12. The molecule has 0 aromatic carbocycles. The molecule has 0 radical (unpaired) electrons. The van der Waals surface area contributed by atoms with Crippen molar-refractivity contribution in [3.05, 3.63) is 0 Å². The molecule has 0 aliphatic carbocycles. The Kier molecular flexibility index (Phi) is 13.4. The van der Waals surface area contributed by atoms with Gasteiger partial charge in [0, 0.05) is 6.61 Å². The van der Waals surface area contributed by atoms with Gasteiger partial charge in [0.05, 0.1) is 0 Å². The zero-order chi connectivity index (χ0) is 14.4. The third-order valence-corrected chi connectivity index (χ3v) is 4.22. The van der Waals surface area contributed by atoms with Crippen LogP contribution in [0, 0.1) is 0 Å². The Morgan fingerprint density at radius 3 is 1.58 bits per heavy atom. The quantitative estimate of drug-likeness (QED) is 0.339. The molecule has 0 bridgehead atoms. The molecule has 6 heteroatoms. The molecular formula is C13H31O5P. The maximum atomic E-state index is 9.12. The van der Waals surface area contributed by atoms with E-state index in [1.807, 2.05) is 0 Å². The number of rotatable bonds is 14. The zero-order valence-electron chi connectivity index (χ0n) is 12.1. The van der Waals surface area contributed by atoms with Crippen LogP contribution in [0.5, 0.6) is 0 Å². The topological polar surface area (TPSA) is 79.2 Å². The average molecular weight is 298 g/mol. The first kappa shape index (κ1) is 19.2. The summed E-state index contributed by atoms with van der Waals surface area (Å²) in [4.78, 5) is 18.2. The molecule has 5 nitrogen and oxygen atoms in total. The first-order chi connectivity index (χ1) is 9.12. The van der Waals surface area contributed by atoms with Crippen LogP contribution < -0.4 is 0 Å². The number of aliphatic hydroxyl groups is 1. The van der Waals surface area contributed by atoms with Gasteiger partial charge < -0.3 is 5.11 Å². The molecule has 0 spiro atoms. The van der Waals surface area contributed by atoms with Gasteiger partial charge in [-0.2, -0.15) is 0 Å². The summed E-state index contributed by atoms with van der Waals surface area (Å²) in [7, 11) is -2.55. The summed E-state index contributed by atoms with van der Waals surface area (Å²) in [5.74, 6) is 0.